The maximum Gasteiger partial charge on any atom is 0.348 e. The summed E-state index contributed by atoms with van der Waals surface area (Å²) in [5.74, 6) is -0.411. The van der Waals surface area contributed by atoms with Gasteiger partial charge in [0.25, 0.3) is 0 Å². The lowest BCUT2D eigenvalue weighted by Crippen LogP contribution is -2.28. The molecule has 22 heavy (non-hydrogen) atoms. The van der Waals surface area contributed by atoms with Gasteiger partial charge in [-0.3, -0.25) is 5.32 Å². The molecule has 8 heteroatoms. The molecule has 0 aliphatic carbocycles. The third kappa shape index (κ3) is 4.97. The zero-order valence-corrected chi connectivity index (χ0v) is 14.1. The Morgan fingerprint density at radius 2 is 1.86 bits per heavy atom. The normalized spacial score (nSPS) is 10.4. The SMILES string of the molecule is CCNC(=O)Nc1sc(C(=O)OCC)c(C)c1COOCC. The van der Waals surface area contributed by atoms with E-state index in [-0.39, 0.29) is 12.6 Å². The second kappa shape index (κ2) is 9.39. The van der Waals surface area contributed by atoms with E-state index in [9.17, 15) is 9.59 Å². The highest BCUT2D eigenvalue weighted by atomic mass is 32.1. The van der Waals surface area contributed by atoms with Crippen molar-refractivity contribution in [2.75, 3.05) is 25.1 Å². The summed E-state index contributed by atoms with van der Waals surface area (Å²) in [4.78, 5) is 34.1. The van der Waals surface area contributed by atoms with E-state index in [1.807, 2.05) is 6.92 Å². The molecule has 0 fully saturated rings. The molecular weight excluding hydrogens is 308 g/mol. The minimum absolute atomic E-state index is 0.136. The largest absolute Gasteiger partial charge is 0.462 e. The predicted molar refractivity (Wildman–Crippen MR) is 84.1 cm³/mol. The van der Waals surface area contributed by atoms with E-state index in [0.29, 0.717) is 35.2 Å². The minimum Gasteiger partial charge on any atom is -0.462 e. The molecule has 0 bridgehead atoms. The van der Waals surface area contributed by atoms with E-state index in [0.717, 1.165) is 16.9 Å². The van der Waals surface area contributed by atoms with Crippen molar-refractivity contribution in [3.8, 4) is 0 Å². The van der Waals surface area contributed by atoms with Gasteiger partial charge < -0.3 is 10.1 Å². The van der Waals surface area contributed by atoms with Gasteiger partial charge in [-0.25, -0.2) is 19.4 Å². The maximum absolute atomic E-state index is 12.0. The second-order valence-electron chi connectivity index (χ2n) is 4.24. The number of ether oxygens (including phenoxy) is 1. The van der Waals surface area contributed by atoms with Gasteiger partial charge in [-0.2, -0.15) is 0 Å². The molecule has 0 spiro atoms. The predicted octanol–water partition coefficient (Wildman–Crippen LogP) is 2.84. The van der Waals surface area contributed by atoms with Crippen LogP contribution < -0.4 is 10.6 Å². The number of carbonyl (C=O) groups excluding carboxylic acids is 2. The van der Waals surface area contributed by atoms with Crippen LogP contribution in [0.4, 0.5) is 9.80 Å². The summed E-state index contributed by atoms with van der Waals surface area (Å²) >= 11 is 1.16. The first-order valence-electron chi connectivity index (χ1n) is 7.13. The van der Waals surface area contributed by atoms with Gasteiger partial charge in [0.15, 0.2) is 0 Å². The number of nitrogens with one attached hydrogen (secondary N) is 2. The van der Waals surface area contributed by atoms with E-state index >= 15 is 0 Å². The van der Waals surface area contributed by atoms with Crippen LogP contribution in [0.25, 0.3) is 0 Å². The lowest BCUT2D eigenvalue weighted by Gasteiger charge is -2.07. The number of anilines is 1. The van der Waals surface area contributed by atoms with Crippen molar-refractivity contribution < 1.29 is 24.1 Å². The molecular formula is C14H22N2O5S. The number of carbonyl (C=O) groups is 2. The zero-order chi connectivity index (χ0) is 16.5. The van der Waals surface area contributed by atoms with Crippen LogP contribution in [0.2, 0.25) is 0 Å². The van der Waals surface area contributed by atoms with Crippen molar-refractivity contribution in [3.63, 3.8) is 0 Å². The van der Waals surface area contributed by atoms with E-state index in [1.54, 1.807) is 20.8 Å². The van der Waals surface area contributed by atoms with Crippen LogP contribution in [0, 0.1) is 6.92 Å². The number of thiophene rings is 1. The van der Waals surface area contributed by atoms with Crippen molar-refractivity contribution in [1.82, 2.24) is 5.32 Å². The van der Waals surface area contributed by atoms with Crippen molar-refractivity contribution in [2.24, 2.45) is 0 Å². The topological polar surface area (TPSA) is 85.9 Å². The molecule has 1 rings (SSSR count). The third-order valence-corrected chi connectivity index (χ3v) is 3.93. The molecule has 1 heterocycles. The highest BCUT2D eigenvalue weighted by Crippen LogP contribution is 2.34. The van der Waals surface area contributed by atoms with Gasteiger partial charge in [-0.05, 0) is 33.3 Å². The second-order valence-corrected chi connectivity index (χ2v) is 5.26. The van der Waals surface area contributed by atoms with Crippen LogP contribution in [0.3, 0.4) is 0 Å². The third-order valence-electron chi connectivity index (χ3n) is 2.70. The Kier molecular flexibility index (Phi) is 7.86. The van der Waals surface area contributed by atoms with Gasteiger partial charge in [0, 0.05) is 12.1 Å². The van der Waals surface area contributed by atoms with Crippen LogP contribution in [0.1, 0.15) is 41.6 Å². The van der Waals surface area contributed by atoms with Crippen LogP contribution in [0.5, 0.6) is 0 Å². The summed E-state index contributed by atoms with van der Waals surface area (Å²) < 4.78 is 5.03. The highest BCUT2D eigenvalue weighted by Gasteiger charge is 2.22. The van der Waals surface area contributed by atoms with Gasteiger partial charge in [0.1, 0.15) is 16.5 Å². The summed E-state index contributed by atoms with van der Waals surface area (Å²) in [6.45, 7) is 8.50. The summed E-state index contributed by atoms with van der Waals surface area (Å²) in [5, 5.41) is 5.91. The Hall–Kier alpha value is -1.64. The van der Waals surface area contributed by atoms with E-state index in [2.05, 4.69) is 10.6 Å². The van der Waals surface area contributed by atoms with Crippen molar-refractivity contribution in [2.45, 2.75) is 34.3 Å². The molecule has 0 atom stereocenters. The molecule has 1 aromatic rings. The van der Waals surface area contributed by atoms with Gasteiger partial charge in [-0.1, -0.05) is 0 Å². The molecule has 0 saturated heterocycles. The van der Waals surface area contributed by atoms with Crippen LogP contribution in [-0.4, -0.2) is 31.8 Å². The van der Waals surface area contributed by atoms with Crippen molar-refractivity contribution >= 4 is 28.3 Å². The van der Waals surface area contributed by atoms with E-state index in [4.69, 9.17) is 14.5 Å². The first kappa shape index (κ1) is 18.4. The van der Waals surface area contributed by atoms with Gasteiger partial charge in [0.05, 0.1) is 13.2 Å². The van der Waals surface area contributed by atoms with Gasteiger partial charge >= 0.3 is 12.0 Å². The molecule has 0 aliphatic rings. The number of hydrogen-bond donors (Lipinski definition) is 2. The lowest BCUT2D eigenvalue weighted by atomic mass is 10.1. The minimum atomic E-state index is -0.411. The smallest absolute Gasteiger partial charge is 0.348 e. The Morgan fingerprint density at radius 3 is 2.45 bits per heavy atom. The Morgan fingerprint density at radius 1 is 1.14 bits per heavy atom. The van der Waals surface area contributed by atoms with Crippen molar-refractivity contribution in [1.29, 1.82) is 0 Å². The zero-order valence-electron chi connectivity index (χ0n) is 13.3. The standard InChI is InChI=1S/C14H22N2O5S/c1-5-15-14(18)16-12-10(8-21-20-7-3)9(4)11(22-12)13(17)19-6-2/h5-8H2,1-4H3,(H2,15,16,18). The maximum atomic E-state index is 12.0. The fourth-order valence-electron chi connectivity index (χ4n) is 1.71. The molecule has 7 nitrogen and oxygen atoms in total. The first-order chi connectivity index (χ1) is 10.5. The van der Waals surface area contributed by atoms with E-state index < -0.39 is 5.97 Å². The van der Waals surface area contributed by atoms with Crippen LogP contribution in [-0.2, 0) is 21.1 Å². The fraction of sp³-hybridized carbons (Fsp3) is 0.571. The molecule has 0 saturated carbocycles. The van der Waals surface area contributed by atoms with Crippen molar-refractivity contribution in [3.05, 3.63) is 16.0 Å². The number of urea groups is 1. The summed E-state index contributed by atoms with van der Waals surface area (Å²) in [5.41, 5.74) is 1.42. The fourth-order valence-corrected chi connectivity index (χ4v) is 2.81. The van der Waals surface area contributed by atoms with Gasteiger partial charge in [0.2, 0.25) is 0 Å². The molecule has 124 valence electrons. The molecule has 0 unspecified atom stereocenters. The Bertz CT molecular complexity index is 516. The number of amides is 2. The van der Waals surface area contributed by atoms with E-state index in [1.165, 1.54) is 0 Å². The average molecular weight is 330 g/mol. The monoisotopic (exact) mass is 330 g/mol. The summed E-state index contributed by atoms with van der Waals surface area (Å²) in [6.07, 6.45) is 0. The Balaban J connectivity index is 3.01. The number of hydrogen-bond acceptors (Lipinski definition) is 6. The quantitative estimate of drug-likeness (QED) is 0.331. The number of rotatable bonds is 8. The molecule has 0 aliphatic heterocycles. The average Bonchev–Trinajstić information content (AvgIpc) is 2.77. The highest BCUT2D eigenvalue weighted by molar-refractivity contribution is 7.18. The number of esters is 1. The van der Waals surface area contributed by atoms with Gasteiger partial charge in [-0.15, -0.1) is 11.3 Å². The van der Waals surface area contributed by atoms with Crippen LogP contribution in [0.15, 0.2) is 0 Å². The molecule has 2 N–H and O–H groups in total. The summed E-state index contributed by atoms with van der Waals surface area (Å²) in [6, 6.07) is -0.336. The molecule has 2 amide bonds. The lowest BCUT2D eigenvalue weighted by molar-refractivity contribution is -0.300. The Labute approximate surface area is 133 Å². The van der Waals surface area contributed by atoms with Crippen LogP contribution >= 0.6 is 11.3 Å². The molecule has 0 radical (unpaired) electrons. The first-order valence-corrected chi connectivity index (χ1v) is 7.95. The molecule has 1 aromatic heterocycles. The summed E-state index contributed by atoms with van der Waals surface area (Å²) in [7, 11) is 0. The molecule has 0 aromatic carbocycles.